The van der Waals surface area contributed by atoms with Crippen molar-refractivity contribution in [3.8, 4) is 0 Å². The summed E-state index contributed by atoms with van der Waals surface area (Å²) in [5, 5.41) is 14.5. The standard InChI is InChI=1S/C17H31N7O2/c1-7-18-15(19-10-14-22-21-12(2)23(14)6)24-9-8-13(11-24)20-16(25)26-17(3,4)5/h13H,7-11H2,1-6H3,(H,18,19)(H,20,25). The molecule has 1 amide bonds. The number of carbonyl (C=O) groups is 1. The Morgan fingerprint density at radius 3 is 2.69 bits per heavy atom. The molecular weight excluding hydrogens is 334 g/mol. The first kappa shape index (κ1) is 20.0. The lowest BCUT2D eigenvalue weighted by atomic mass is 10.2. The molecule has 26 heavy (non-hydrogen) atoms. The van der Waals surface area contributed by atoms with Crippen molar-refractivity contribution in [2.75, 3.05) is 19.6 Å². The van der Waals surface area contributed by atoms with Crippen LogP contribution < -0.4 is 10.6 Å². The van der Waals surface area contributed by atoms with Crippen LogP contribution in [-0.2, 0) is 18.3 Å². The summed E-state index contributed by atoms with van der Waals surface area (Å²) >= 11 is 0. The SMILES string of the molecule is CCNC(=NCc1nnc(C)n1C)N1CCC(NC(=O)OC(C)(C)C)C1. The average molecular weight is 365 g/mol. The third kappa shape index (κ3) is 5.60. The normalized spacial score (nSPS) is 18.2. The van der Waals surface area contributed by atoms with E-state index in [-0.39, 0.29) is 12.1 Å². The van der Waals surface area contributed by atoms with E-state index in [4.69, 9.17) is 4.74 Å². The summed E-state index contributed by atoms with van der Waals surface area (Å²) in [6.07, 6.45) is 0.480. The van der Waals surface area contributed by atoms with Crippen molar-refractivity contribution in [1.29, 1.82) is 0 Å². The summed E-state index contributed by atoms with van der Waals surface area (Å²) < 4.78 is 7.27. The van der Waals surface area contributed by atoms with E-state index in [0.717, 1.165) is 37.1 Å². The van der Waals surface area contributed by atoms with E-state index < -0.39 is 5.60 Å². The Hall–Kier alpha value is -2.32. The quantitative estimate of drug-likeness (QED) is 0.614. The van der Waals surface area contributed by atoms with E-state index in [2.05, 4.69) is 30.7 Å². The minimum atomic E-state index is -0.493. The molecule has 0 bridgehead atoms. The van der Waals surface area contributed by atoms with E-state index in [0.29, 0.717) is 13.1 Å². The number of amides is 1. The zero-order valence-electron chi connectivity index (χ0n) is 16.7. The number of aromatic nitrogens is 3. The first-order chi connectivity index (χ1) is 12.2. The van der Waals surface area contributed by atoms with Gasteiger partial charge in [0.05, 0.1) is 6.04 Å². The first-order valence-corrected chi connectivity index (χ1v) is 9.07. The van der Waals surface area contributed by atoms with Crippen LogP contribution in [0.2, 0.25) is 0 Å². The van der Waals surface area contributed by atoms with Crippen LogP contribution in [0.3, 0.4) is 0 Å². The lowest BCUT2D eigenvalue weighted by molar-refractivity contribution is 0.0507. The van der Waals surface area contributed by atoms with Crippen LogP contribution in [-0.4, -0.2) is 63.0 Å². The fourth-order valence-corrected chi connectivity index (χ4v) is 2.70. The van der Waals surface area contributed by atoms with E-state index >= 15 is 0 Å². The number of nitrogens with zero attached hydrogens (tertiary/aromatic N) is 5. The monoisotopic (exact) mass is 365 g/mol. The molecule has 2 rings (SSSR count). The van der Waals surface area contributed by atoms with Gasteiger partial charge in [-0.05, 0) is 41.0 Å². The Kier molecular flexibility index (Phi) is 6.44. The molecule has 0 aliphatic carbocycles. The van der Waals surface area contributed by atoms with Crippen molar-refractivity contribution in [3.05, 3.63) is 11.6 Å². The third-order valence-electron chi connectivity index (χ3n) is 4.10. The number of aliphatic imine (C=N–C) groups is 1. The predicted molar refractivity (Wildman–Crippen MR) is 99.9 cm³/mol. The molecular formula is C17H31N7O2. The Morgan fingerprint density at radius 1 is 1.38 bits per heavy atom. The maximum Gasteiger partial charge on any atom is 0.407 e. The number of ether oxygens (including phenoxy) is 1. The van der Waals surface area contributed by atoms with Crippen molar-refractivity contribution in [2.45, 2.75) is 59.2 Å². The van der Waals surface area contributed by atoms with Crippen molar-refractivity contribution < 1.29 is 9.53 Å². The maximum atomic E-state index is 12.0. The Morgan fingerprint density at radius 2 is 2.12 bits per heavy atom. The van der Waals surface area contributed by atoms with Crippen molar-refractivity contribution >= 4 is 12.1 Å². The molecule has 9 nitrogen and oxygen atoms in total. The molecule has 146 valence electrons. The van der Waals surface area contributed by atoms with Crippen molar-refractivity contribution in [3.63, 3.8) is 0 Å². The van der Waals surface area contributed by atoms with E-state index in [9.17, 15) is 4.79 Å². The van der Waals surface area contributed by atoms with Crippen molar-refractivity contribution in [2.24, 2.45) is 12.0 Å². The molecule has 2 heterocycles. The predicted octanol–water partition coefficient (Wildman–Crippen LogP) is 1.19. The molecule has 0 spiro atoms. The van der Waals surface area contributed by atoms with Gasteiger partial charge in [0.25, 0.3) is 0 Å². The highest BCUT2D eigenvalue weighted by molar-refractivity contribution is 5.80. The number of carbonyl (C=O) groups excluding carboxylic acids is 1. The highest BCUT2D eigenvalue weighted by Gasteiger charge is 2.27. The Bertz CT molecular complexity index is 648. The molecule has 1 fully saturated rings. The minimum absolute atomic E-state index is 0.0470. The van der Waals surface area contributed by atoms with Gasteiger partial charge in [-0.15, -0.1) is 10.2 Å². The third-order valence-corrected chi connectivity index (χ3v) is 4.10. The first-order valence-electron chi connectivity index (χ1n) is 9.07. The van der Waals surface area contributed by atoms with Gasteiger partial charge in [0.2, 0.25) is 0 Å². The molecule has 0 saturated carbocycles. The zero-order chi connectivity index (χ0) is 19.3. The second-order valence-electron chi connectivity index (χ2n) is 7.47. The smallest absolute Gasteiger partial charge is 0.407 e. The number of nitrogens with one attached hydrogen (secondary N) is 2. The molecule has 2 N–H and O–H groups in total. The summed E-state index contributed by atoms with van der Waals surface area (Å²) in [6.45, 7) is 12.3. The van der Waals surface area contributed by atoms with Gasteiger partial charge in [0.15, 0.2) is 11.8 Å². The second kappa shape index (κ2) is 8.37. The number of guanidine groups is 1. The summed E-state index contributed by atoms with van der Waals surface area (Å²) in [7, 11) is 1.93. The molecule has 0 aromatic carbocycles. The number of hydrogen-bond donors (Lipinski definition) is 2. The molecule has 0 radical (unpaired) electrons. The number of rotatable bonds is 4. The van der Waals surface area contributed by atoms with Crippen LogP contribution in [0, 0.1) is 6.92 Å². The minimum Gasteiger partial charge on any atom is -0.444 e. The van der Waals surface area contributed by atoms with Gasteiger partial charge in [0, 0.05) is 26.7 Å². The van der Waals surface area contributed by atoms with Crippen LogP contribution in [0.15, 0.2) is 4.99 Å². The van der Waals surface area contributed by atoms with Crippen LogP contribution in [0.25, 0.3) is 0 Å². The van der Waals surface area contributed by atoms with Crippen LogP contribution in [0.4, 0.5) is 4.79 Å². The Balaban J connectivity index is 1.95. The fraction of sp³-hybridized carbons (Fsp3) is 0.765. The highest BCUT2D eigenvalue weighted by Crippen LogP contribution is 2.12. The van der Waals surface area contributed by atoms with Gasteiger partial charge in [0.1, 0.15) is 18.0 Å². The van der Waals surface area contributed by atoms with Gasteiger partial charge >= 0.3 is 6.09 Å². The number of likely N-dealkylation sites (tertiary alicyclic amines) is 1. The van der Waals surface area contributed by atoms with Crippen LogP contribution in [0.1, 0.15) is 45.8 Å². The van der Waals surface area contributed by atoms with Gasteiger partial charge in [-0.3, -0.25) is 0 Å². The molecule has 9 heteroatoms. The largest absolute Gasteiger partial charge is 0.444 e. The number of hydrogen-bond acceptors (Lipinski definition) is 5. The van der Waals surface area contributed by atoms with Crippen molar-refractivity contribution in [1.82, 2.24) is 30.3 Å². The zero-order valence-corrected chi connectivity index (χ0v) is 16.7. The van der Waals surface area contributed by atoms with Gasteiger partial charge in [-0.1, -0.05) is 0 Å². The highest BCUT2D eigenvalue weighted by atomic mass is 16.6. The molecule has 1 aliphatic rings. The summed E-state index contributed by atoms with van der Waals surface area (Å²) in [5.41, 5.74) is -0.493. The lowest BCUT2D eigenvalue weighted by Crippen LogP contribution is -2.44. The van der Waals surface area contributed by atoms with Gasteiger partial charge in [-0.2, -0.15) is 0 Å². The number of aryl methyl sites for hydroxylation is 1. The molecule has 1 unspecified atom stereocenters. The maximum absolute atomic E-state index is 12.0. The second-order valence-corrected chi connectivity index (χ2v) is 7.47. The van der Waals surface area contributed by atoms with Gasteiger partial charge in [-0.25, -0.2) is 9.79 Å². The van der Waals surface area contributed by atoms with Gasteiger partial charge < -0.3 is 24.8 Å². The molecule has 1 saturated heterocycles. The summed E-state index contributed by atoms with van der Waals surface area (Å²) in [4.78, 5) is 18.8. The molecule has 1 aliphatic heterocycles. The Labute approximate surface area is 155 Å². The van der Waals surface area contributed by atoms with Crippen LogP contribution >= 0.6 is 0 Å². The molecule has 1 atom stereocenters. The molecule has 1 aromatic heterocycles. The lowest BCUT2D eigenvalue weighted by Gasteiger charge is -2.23. The molecule has 1 aromatic rings. The summed E-state index contributed by atoms with van der Waals surface area (Å²) in [6, 6.07) is 0.0470. The van der Waals surface area contributed by atoms with E-state index in [1.807, 2.05) is 46.2 Å². The topological polar surface area (TPSA) is 96.7 Å². The van der Waals surface area contributed by atoms with E-state index in [1.165, 1.54) is 0 Å². The average Bonchev–Trinajstić information content (AvgIpc) is 3.10. The summed E-state index contributed by atoms with van der Waals surface area (Å²) in [5.74, 6) is 2.50. The number of alkyl carbamates (subject to hydrolysis) is 1. The fourth-order valence-electron chi connectivity index (χ4n) is 2.70. The van der Waals surface area contributed by atoms with Crippen LogP contribution in [0.5, 0.6) is 0 Å². The van der Waals surface area contributed by atoms with E-state index in [1.54, 1.807) is 0 Å².